The zero-order chi connectivity index (χ0) is 19.0. The molecule has 0 saturated heterocycles. The van der Waals surface area contributed by atoms with Gasteiger partial charge in [-0.1, -0.05) is 39.1 Å². The molecule has 0 bridgehead atoms. The fourth-order valence-electron chi connectivity index (χ4n) is 3.32. The van der Waals surface area contributed by atoms with Crippen LogP contribution in [0.25, 0.3) is 21.8 Å². The zero-order valence-electron chi connectivity index (χ0n) is 14.3. The second-order valence-electron chi connectivity index (χ2n) is 6.48. The molecule has 0 radical (unpaired) electrons. The molecule has 1 atom stereocenters. The van der Waals surface area contributed by atoms with E-state index in [9.17, 15) is 5.11 Å². The molecule has 6 heteroatoms. The van der Waals surface area contributed by atoms with Gasteiger partial charge in [-0.25, -0.2) is 0 Å². The van der Waals surface area contributed by atoms with Crippen molar-refractivity contribution in [1.82, 2.24) is 4.57 Å². The third-order valence-electron chi connectivity index (χ3n) is 4.57. The van der Waals surface area contributed by atoms with Crippen LogP contribution in [-0.4, -0.2) is 22.3 Å². The lowest BCUT2D eigenvalue weighted by Gasteiger charge is -2.15. The quantitative estimate of drug-likeness (QED) is 0.362. The van der Waals surface area contributed by atoms with E-state index >= 15 is 0 Å². The molecule has 0 aliphatic heterocycles. The average Bonchev–Trinajstić information content (AvgIpc) is 2.94. The molecule has 2 N–H and O–H groups in total. The highest BCUT2D eigenvalue weighted by Gasteiger charge is 2.14. The highest BCUT2D eigenvalue weighted by molar-refractivity contribution is 9.10. The Hall–Kier alpha value is -1.72. The lowest BCUT2D eigenvalue weighted by atomic mass is 10.1. The minimum atomic E-state index is -0.557. The Morgan fingerprint density at radius 3 is 2.00 bits per heavy atom. The van der Waals surface area contributed by atoms with Crippen LogP contribution in [0.5, 0.6) is 0 Å². The summed E-state index contributed by atoms with van der Waals surface area (Å²) in [5, 5.41) is 17.3. The molecule has 1 unspecified atom stereocenters. The number of fused-ring (bicyclic) bond motifs is 3. The van der Waals surface area contributed by atoms with Gasteiger partial charge >= 0.3 is 0 Å². The summed E-state index contributed by atoms with van der Waals surface area (Å²) in [6.45, 7) is 0.913. The van der Waals surface area contributed by atoms with Crippen molar-refractivity contribution in [2.75, 3.05) is 11.9 Å². The van der Waals surface area contributed by atoms with Crippen LogP contribution in [0.15, 0.2) is 65.1 Å². The SMILES string of the molecule is OC(CNc1ccc(Br)cc1)Cn1c2ccc(Cl)cc2c2cc(Cl)ccc21. The van der Waals surface area contributed by atoms with E-state index in [2.05, 4.69) is 25.8 Å². The minimum Gasteiger partial charge on any atom is -0.389 e. The maximum absolute atomic E-state index is 10.6. The normalized spacial score (nSPS) is 12.6. The van der Waals surface area contributed by atoms with Crippen molar-refractivity contribution in [1.29, 1.82) is 0 Å². The Balaban J connectivity index is 1.63. The number of rotatable bonds is 5. The Kier molecular flexibility index (Phi) is 5.33. The van der Waals surface area contributed by atoms with Gasteiger partial charge in [-0.15, -0.1) is 0 Å². The van der Waals surface area contributed by atoms with Crippen LogP contribution in [0.1, 0.15) is 0 Å². The molecule has 3 aromatic carbocycles. The monoisotopic (exact) mass is 462 g/mol. The van der Waals surface area contributed by atoms with Crippen molar-refractivity contribution in [2.45, 2.75) is 12.6 Å². The maximum atomic E-state index is 10.6. The number of aliphatic hydroxyl groups is 1. The number of hydrogen-bond acceptors (Lipinski definition) is 2. The molecular weight excluding hydrogens is 447 g/mol. The molecular formula is C21H17BrCl2N2O. The van der Waals surface area contributed by atoms with E-state index in [4.69, 9.17) is 23.2 Å². The van der Waals surface area contributed by atoms with Crippen LogP contribution in [-0.2, 0) is 6.54 Å². The lowest BCUT2D eigenvalue weighted by molar-refractivity contribution is 0.169. The Bertz CT molecular complexity index is 1050. The fraction of sp³-hybridized carbons (Fsp3) is 0.143. The van der Waals surface area contributed by atoms with Gasteiger partial charge in [0.15, 0.2) is 0 Å². The number of benzene rings is 3. The van der Waals surface area contributed by atoms with Crippen molar-refractivity contribution in [3.8, 4) is 0 Å². The van der Waals surface area contributed by atoms with Gasteiger partial charge in [0.1, 0.15) is 0 Å². The molecule has 1 aromatic heterocycles. The molecule has 0 amide bonds. The van der Waals surface area contributed by atoms with Gasteiger partial charge in [-0.2, -0.15) is 0 Å². The van der Waals surface area contributed by atoms with E-state index in [0.717, 1.165) is 32.0 Å². The molecule has 4 aromatic rings. The zero-order valence-corrected chi connectivity index (χ0v) is 17.4. The van der Waals surface area contributed by atoms with Gasteiger partial charge in [0.2, 0.25) is 0 Å². The Labute approximate surface area is 175 Å². The first kappa shape index (κ1) is 18.6. The first-order chi connectivity index (χ1) is 13.0. The molecule has 27 heavy (non-hydrogen) atoms. The Morgan fingerprint density at radius 1 is 0.889 bits per heavy atom. The lowest BCUT2D eigenvalue weighted by Crippen LogP contribution is -2.24. The van der Waals surface area contributed by atoms with Gasteiger partial charge in [-0.3, -0.25) is 0 Å². The molecule has 0 saturated carbocycles. The minimum absolute atomic E-state index is 0.448. The molecule has 1 heterocycles. The second-order valence-corrected chi connectivity index (χ2v) is 8.26. The summed E-state index contributed by atoms with van der Waals surface area (Å²) >= 11 is 15.8. The van der Waals surface area contributed by atoms with Crippen molar-refractivity contribution < 1.29 is 5.11 Å². The summed E-state index contributed by atoms with van der Waals surface area (Å²) in [6.07, 6.45) is -0.557. The number of aliphatic hydroxyl groups excluding tert-OH is 1. The van der Waals surface area contributed by atoms with Crippen molar-refractivity contribution in [2.24, 2.45) is 0 Å². The number of anilines is 1. The Morgan fingerprint density at radius 2 is 1.44 bits per heavy atom. The summed E-state index contributed by atoms with van der Waals surface area (Å²) in [5.41, 5.74) is 3.02. The highest BCUT2D eigenvalue weighted by atomic mass is 79.9. The van der Waals surface area contributed by atoms with Gasteiger partial charge in [0.25, 0.3) is 0 Å². The van der Waals surface area contributed by atoms with Crippen LogP contribution in [0.2, 0.25) is 10.0 Å². The predicted octanol–water partition coefficient (Wildman–Crippen LogP) is 6.34. The summed E-state index contributed by atoms with van der Waals surface area (Å²) in [7, 11) is 0. The van der Waals surface area contributed by atoms with Crippen molar-refractivity contribution in [3.63, 3.8) is 0 Å². The molecule has 4 rings (SSSR count). The summed E-state index contributed by atoms with van der Waals surface area (Å²) in [4.78, 5) is 0. The number of halogens is 3. The number of hydrogen-bond donors (Lipinski definition) is 2. The van der Waals surface area contributed by atoms with E-state index in [-0.39, 0.29) is 0 Å². The molecule has 138 valence electrons. The van der Waals surface area contributed by atoms with Crippen LogP contribution in [0.4, 0.5) is 5.69 Å². The highest BCUT2D eigenvalue weighted by Crippen LogP contribution is 2.33. The smallest absolute Gasteiger partial charge is 0.0891 e. The maximum Gasteiger partial charge on any atom is 0.0891 e. The van der Waals surface area contributed by atoms with E-state index in [1.165, 1.54) is 0 Å². The van der Waals surface area contributed by atoms with Crippen LogP contribution >= 0.6 is 39.1 Å². The molecule has 0 aliphatic rings. The standard InChI is InChI=1S/C21H17BrCl2N2O/c22-13-1-5-16(6-2-13)25-11-17(27)12-26-20-7-3-14(23)9-18(20)19-10-15(24)4-8-21(19)26/h1-10,17,25,27H,11-12H2. The summed E-state index contributed by atoms with van der Waals surface area (Å²) in [5.74, 6) is 0. The number of aromatic nitrogens is 1. The van der Waals surface area contributed by atoms with E-state index < -0.39 is 6.10 Å². The average molecular weight is 464 g/mol. The van der Waals surface area contributed by atoms with E-state index in [1.54, 1.807) is 0 Å². The largest absolute Gasteiger partial charge is 0.389 e. The third-order valence-corrected chi connectivity index (χ3v) is 5.57. The van der Waals surface area contributed by atoms with E-state index in [0.29, 0.717) is 23.1 Å². The van der Waals surface area contributed by atoms with Gasteiger partial charge in [0.05, 0.1) is 12.6 Å². The van der Waals surface area contributed by atoms with Crippen LogP contribution in [0.3, 0.4) is 0 Å². The number of nitrogens with zero attached hydrogens (tertiary/aromatic N) is 1. The third kappa shape index (κ3) is 3.94. The number of nitrogens with one attached hydrogen (secondary N) is 1. The molecule has 0 aliphatic carbocycles. The second kappa shape index (κ2) is 7.72. The first-order valence-corrected chi connectivity index (χ1v) is 10.1. The van der Waals surface area contributed by atoms with E-state index in [1.807, 2.05) is 60.7 Å². The molecule has 3 nitrogen and oxygen atoms in total. The molecule has 0 spiro atoms. The first-order valence-electron chi connectivity index (χ1n) is 8.56. The van der Waals surface area contributed by atoms with Gasteiger partial charge in [0, 0.05) is 48.6 Å². The van der Waals surface area contributed by atoms with Crippen molar-refractivity contribution >= 4 is 66.6 Å². The topological polar surface area (TPSA) is 37.2 Å². The predicted molar refractivity (Wildman–Crippen MR) is 118 cm³/mol. The van der Waals surface area contributed by atoms with Gasteiger partial charge < -0.3 is 15.0 Å². The van der Waals surface area contributed by atoms with Crippen LogP contribution in [0, 0.1) is 0 Å². The summed E-state index contributed by atoms with van der Waals surface area (Å²) < 4.78 is 3.14. The fourth-order valence-corrected chi connectivity index (χ4v) is 3.93. The van der Waals surface area contributed by atoms with Gasteiger partial charge in [-0.05, 0) is 60.7 Å². The molecule has 0 fully saturated rings. The van der Waals surface area contributed by atoms with Crippen molar-refractivity contribution in [3.05, 3.63) is 75.2 Å². The van der Waals surface area contributed by atoms with Crippen LogP contribution < -0.4 is 5.32 Å². The summed E-state index contributed by atoms with van der Waals surface area (Å²) in [6, 6.07) is 19.5.